The molecule has 1 aromatic carbocycles. The minimum Gasteiger partial charge on any atom is -0.464 e. The van der Waals surface area contributed by atoms with Crippen LogP contribution in [0.1, 0.15) is 16.4 Å². The van der Waals surface area contributed by atoms with Gasteiger partial charge in [0.15, 0.2) is 0 Å². The van der Waals surface area contributed by atoms with Crippen molar-refractivity contribution >= 4 is 23.1 Å². The summed E-state index contributed by atoms with van der Waals surface area (Å²) in [6, 6.07) is 7.74. The maximum Gasteiger partial charge on any atom is 0.305 e. The van der Waals surface area contributed by atoms with Crippen LogP contribution in [0.5, 0.6) is 5.75 Å². The van der Waals surface area contributed by atoms with Crippen LogP contribution in [0.25, 0.3) is 0 Å². The molecule has 0 unspecified atom stereocenters. The number of nitrogens with one attached hydrogen (secondary N) is 1. The maximum absolute atomic E-state index is 11.6. The molecule has 4 rings (SSSR count). The second kappa shape index (κ2) is 4.13. The van der Waals surface area contributed by atoms with Gasteiger partial charge in [-0.3, -0.25) is 4.79 Å². The van der Waals surface area contributed by atoms with Crippen molar-refractivity contribution in [3.63, 3.8) is 0 Å². The molecule has 3 heterocycles. The van der Waals surface area contributed by atoms with Gasteiger partial charge < -0.3 is 14.8 Å². The number of fused-ring (bicyclic) bond motifs is 5. The van der Waals surface area contributed by atoms with Crippen molar-refractivity contribution in [1.29, 1.82) is 0 Å². The van der Waals surface area contributed by atoms with Gasteiger partial charge >= 0.3 is 4.87 Å². The molecule has 2 aliphatic rings. The summed E-state index contributed by atoms with van der Waals surface area (Å²) >= 11 is 2.83. The fraction of sp³-hybridized carbons (Fsp3) is 0.308. The molecule has 0 bridgehead atoms. The Morgan fingerprint density at radius 3 is 3.11 bits per heavy atom. The van der Waals surface area contributed by atoms with E-state index in [4.69, 9.17) is 4.74 Å². The van der Waals surface area contributed by atoms with Crippen LogP contribution in [0, 0.1) is 5.92 Å². The third-order valence-electron chi connectivity index (χ3n) is 3.64. The van der Waals surface area contributed by atoms with E-state index in [0.717, 1.165) is 27.0 Å². The average molecular weight is 293 g/mol. The fourth-order valence-electron chi connectivity index (χ4n) is 2.79. The first kappa shape index (κ1) is 11.6. The zero-order valence-electron chi connectivity index (χ0n) is 9.83. The van der Waals surface area contributed by atoms with Crippen molar-refractivity contribution in [2.75, 3.05) is 5.75 Å². The smallest absolute Gasteiger partial charge is 0.305 e. The van der Waals surface area contributed by atoms with Crippen LogP contribution in [0.15, 0.2) is 34.1 Å². The van der Waals surface area contributed by atoms with Crippen molar-refractivity contribution in [2.45, 2.75) is 17.2 Å². The van der Waals surface area contributed by atoms with Crippen molar-refractivity contribution in [1.82, 2.24) is 4.98 Å². The normalized spacial score (nSPS) is 27.9. The summed E-state index contributed by atoms with van der Waals surface area (Å²) in [5.74, 6) is 1.52. The molecule has 98 valence electrons. The predicted molar refractivity (Wildman–Crippen MR) is 74.1 cm³/mol. The zero-order valence-corrected chi connectivity index (χ0v) is 11.5. The number of para-hydroxylation sites is 1. The van der Waals surface area contributed by atoms with E-state index in [0.29, 0.717) is 0 Å². The molecule has 3 atom stereocenters. The molecule has 0 aliphatic carbocycles. The topological polar surface area (TPSA) is 62.3 Å². The molecule has 0 spiro atoms. The molecule has 2 N–H and O–H groups in total. The Morgan fingerprint density at radius 1 is 1.37 bits per heavy atom. The minimum absolute atomic E-state index is 0.00106. The summed E-state index contributed by atoms with van der Waals surface area (Å²) in [4.78, 5) is 15.5. The number of aromatic amines is 1. The second-order valence-corrected chi connectivity index (χ2v) is 6.75. The van der Waals surface area contributed by atoms with Gasteiger partial charge in [0.25, 0.3) is 0 Å². The Labute approximate surface area is 117 Å². The van der Waals surface area contributed by atoms with Crippen LogP contribution in [0.2, 0.25) is 0 Å². The van der Waals surface area contributed by atoms with Crippen LogP contribution >= 0.6 is 23.1 Å². The van der Waals surface area contributed by atoms with Crippen LogP contribution in [0.4, 0.5) is 0 Å². The molecule has 0 fully saturated rings. The van der Waals surface area contributed by atoms with E-state index < -0.39 is 6.29 Å². The highest BCUT2D eigenvalue weighted by atomic mass is 32.2. The Balaban J connectivity index is 1.95. The van der Waals surface area contributed by atoms with Gasteiger partial charge in [-0.05, 0) is 6.07 Å². The molecule has 4 nitrogen and oxygen atoms in total. The number of aliphatic hydroxyl groups is 1. The molecule has 2 aliphatic heterocycles. The SMILES string of the molecule is O=c1[nH]c2c(s1)[C@H]1c3ccccc3O[C@@H](O)[C@H]1CS2. The first-order valence-corrected chi connectivity index (χ1v) is 7.83. The van der Waals surface area contributed by atoms with Crippen molar-refractivity contribution in [3.05, 3.63) is 44.4 Å². The molecular weight excluding hydrogens is 282 g/mol. The van der Waals surface area contributed by atoms with Crippen molar-refractivity contribution in [2.24, 2.45) is 5.92 Å². The largest absolute Gasteiger partial charge is 0.464 e. The molecule has 19 heavy (non-hydrogen) atoms. The number of H-pyrrole nitrogens is 1. The van der Waals surface area contributed by atoms with Gasteiger partial charge in [0, 0.05) is 28.0 Å². The monoisotopic (exact) mass is 293 g/mol. The van der Waals surface area contributed by atoms with Gasteiger partial charge in [0.05, 0.1) is 5.03 Å². The summed E-state index contributed by atoms with van der Waals surface area (Å²) in [6.45, 7) is 0. The van der Waals surface area contributed by atoms with E-state index in [2.05, 4.69) is 4.98 Å². The molecule has 0 saturated carbocycles. The predicted octanol–water partition coefficient (Wildman–Crippen LogP) is 2.00. The summed E-state index contributed by atoms with van der Waals surface area (Å²) in [6.07, 6.45) is -0.808. The van der Waals surface area contributed by atoms with Crippen LogP contribution in [-0.2, 0) is 0 Å². The summed E-state index contributed by atoms with van der Waals surface area (Å²) in [5.41, 5.74) is 1.06. The number of aliphatic hydroxyl groups excluding tert-OH is 1. The number of aromatic nitrogens is 1. The molecule has 1 aromatic heterocycles. The number of rotatable bonds is 0. The van der Waals surface area contributed by atoms with Crippen molar-refractivity contribution in [3.8, 4) is 5.75 Å². The number of hydrogen-bond donors (Lipinski definition) is 2. The molecule has 0 amide bonds. The maximum atomic E-state index is 11.6. The molecule has 2 aromatic rings. The van der Waals surface area contributed by atoms with Gasteiger partial charge in [-0.2, -0.15) is 0 Å². The van der Waals surface area contributed by atoms with Crippen LogP contribution in [-0.4, -0.2) is 22.1 Å². The van der Waals surface area contributed by atoms with E-state index in [-0.39, 0.29) is 16.7 Å². The Morgan fingerprint density at radius 2 is 2.21 bits per heavy atom. The lowest BCUT2D eigenvalue weighted by Gasteiger charge is -2.38. The van der Waals surface area contributed by atoms with Crippen molar-refractivity contribution < 1.29 is 9.84 Å². The molecule has 0 saturated heterocycles. The first-order valence-electron chi connectivity index (χ1n) is 6.03. The number of benzene rings is 1. The third-order valence-corrected chi connectivity index (χ3v) is 5.90. The van der Waals surface area contributed by atoms with E-state index in [1.54, 1.807) is 11.8 Å². The zero-order chi connectivity index (χ0) is 13.0. The Kier molecular flexibility index (Phi) is 2.51. The lowest BCUT2D eigenvalue weighted by atomic mass is 9.83. The molecular formula is C13H11NO3S2. The van der Waals surface area contributed by atoms with Gasteiger partial charge in [-0.25, -0.2) is 0 Å². The fourth-order valence-corrected chi connectivity index (χ4v) is 5.23. The lowest BCUT2D eigenvalue weighted by molar-refractivity contribution is -0.0717. The van der Waals surface area contributed by atoms with Gasteiger partial charge in [0.1, 0.15) is 5.75 Å². The quantitative estimate of drug-likeness (QED) is 0.780. The van der Waals surface area contributed by atoms with Gasteiger partial charge in [-0.15, -0.1) is 11.8 Å². The lowest BCUT2D eigenvalue weighted by Crippen LogP contribution is -2.39. The number of ether oxygens (including phenoxy) is 1. The van der Waals surface area contributed by atoms with E-state index in [1.807, 2.05) is 24.3 Å². The summed E-state index contributed by atoms with van der Waals surface area (Å²) in [5, 5.41) is 11.1. The highest BCUT2D eigenvalue weighted by Crippen LogP contribution is 2.51. The Bertz CT molecular complexity index is 693. The molecule has 6 heteroatoms. The van der Waals surface area contributed by atoms with E-state index >= 15 is 0 Å². The highest BCUT2D eigenvalue weighted by Gasteiger charge is 2.43. The standard InChI is InChI=1S/C13H11NO3S2/c15-12-7-5-18-11-10(19-13(16)14-11)9(7)6-3-1-2-4-8(6)17-12/h1-4,7,9,12,15H,5H2,(H,14,16)/t7-,9-,12+/m0/s1. The number of thioether (sulfide) groups is 1. The highest BCUT2D eigenvalue weighted by molar-refractivity contribution is 7.99. The Hall–Kier alpha value is -1.24. The number of thiazole rings is 1. The van der Waals surface area contributed by atoms with Crippen LogP contribution in [0.3, 0.4) is 0 Å². The van der Waals surface area contributed by atoms with Gasteiger partial charge in [-0.1, -0.05) is 29.5 Å². The average Bonchev–Trinajstić information content (AvgIpc) is 2.79. The van der Waals surface area contributed by atoms with E-state index in [9.17, 15) is 9.90 Å². The molecule has 0 radical (unpaired) electrons. The van der Waals surface area contributed by atoms with Gasteiger partial charge in [0.2, 0.25) is 6.29 Å². The van der Waals surface area contributed by atoms with Crippen LogP contribution < -0.4 is 9.61 Å². The second-order valence-electron chi connectivity index (χ2n) is 4.71. The van der Waals surface area contributed by atoms with E-state index in [1.165, 1.54) is 11.3 Å². The summed E-state index contributed by atoms with van der Waals surface area (Å²) in [7, 11) is 0. The first-order chi connectivity index (χ1) is 9.24. The summed E-state index contributed by atoms with van der Waals surface area (Å²) < 4.78 is 5.58. The number of hydrogen-bond acceptors (Lipinski definition) is 5. The third kappa shape index (κ3) is 1.67. The minimum atomic E-state index is -0.808.